The van der Waals surface area contributed by atoms with Crippen LogP contribution >= 0.6 is 23.2 Å². The van der Waals surface area contributed by atoms with Crippen LogP contribution in [0.1, 0.15) is 24.1 Å². The maximum atomic E-state index is 13.7. The summed E-state index contributed by atoms with van der Waals surface area (Å²) in [6.45, 7) is 7.97. The fourth-order valence-electron chi connectivity index (χ4n) is 5.13. The fourth-order valence-corrected chi connectivity index (χ4v) is 5.57. The zero-order chi connectivity index (χ0) is 28.3. The Morgan fingerprint density at radius 1 is 1.00 bits per heavy atom. The minimum atomic E-state index is -0.522. The van der Waals surface area contributed by atoms with Gasteiger partial charge in [0.15, 0.2) is 0 Å². The van der Waals surface area contributed by atoms with Crippen LogP contribution in [0.3, 0.4) is 0 Å². The van der Waals surface area contributed by atoms with Crippen molar-refractivity contribution in [2.24, 2.45) is 5.92 Å². The molecule has 1 saturated heterocycles. The molecule has 2 aromatic carbocycles. The fraction of sp³-hybridized carbons (Fsp3) is 0.379. The van der Waals surface area contributed by atoms with Crippen LogP contribution in [0.15, 0.2) is 42.7 Å². The zero-order valence-corrected chi connectivity index (χ0v) is 24.0. The predicted octanol–water partition coefficient (Wildman–Crippen LogP) is 5.53. The van der Waals surface area contributed by atoms with Gasteiger partial charge in [-0.2, -0.15) is 5.26 Å². The van der Waals surface area contributed by atoms with E-state index >= 15 is 0 Å². The molecule has 0 atom stereocenters. The Labute approximate surface area is 247 Å². The number of nitrogens with zero attached hydrogens (tertiary/aromatic N) is 7. The van der Waals surface area contributed by atoms with Crippen molar-refractivity contribution in [3.05, 3.63) is 69.8 Å². The molecule has 1 aliphatic heterocycles. The number of aromatic nitrogens is 4. The average Bonchev–Trinajstić information content (AvgIpc) is 3.68. The van der Waals surface area contributed by atoms with Crippen molar-refractivity contribution in [3.63, 3.8) is 0 Å². The van der Waals surface area contributed by atoms with E-state index in [2.05, 4.69) is 41.8 Å². The lowest BCUT2D eigenvalue weighted by molar-refractivity contribution is 0.124. The summed E-state index contributed by atoms with van der Waals surface area (Å²) < 4.78 is 15.6. The van der Waals surface area contributed by atoms with Gasteiger partial charge in [-0.3, -0.25) is 14.6 Å². The number of piperazine rings is 1. The third-order valence-electron chi connectivity index (χ3n) is 7.62. The van der Waals surface area contributed by atoms with Crippen LogP contribution in [0, 0.1) is 23.1 Å². The average molecular weight is 595 g/mol. The monoisotopic (exact) mass is 593 g/mol. The molecule has 12 heteroatoms. The van der Waals surface area contributed by atoms with E-state index in [4.69, 9.17) is 23.2 Å². The molecule has 2 fully saturated rings. The Kier molecular flexibility index (Phi) is 8.21. The highest BCUT2D eigenvalue weighted by Gasteiger charge is 2.26. The van der Waals surface area contributed by atoms with E-state index in [1.807, 2.05) is 16.9 Å². The van der Waals surface area contributed by atoms with Gasteiger partial charge < -0.3 is 15.5 Å². The molecule has 0 spiro atoms. The smallest absolute Gasteiger partial charge is 0.141 e. The Morgan fingerprint density at radius 3 is 2.54 bits per heavy atom. The Bertz CT molecular complexity index is 1590. The molecule has 0 unspecified atom stereocenters. The standard InChI is InChI=1S/C29H30Cl2FN9/c30-25-12-21(3-4-27(25)32)36-28-20(14-33)15-35-29-24(28)11-22(13-26(29)31)34-16-23-18-41(38-37-23)10-9-39-5-7-40(8-6-39)17-19-1-2-19/h3-4,11-13,15,18-19,34H,1-2,5-10,16-17H2,(H,35,36). The van der Waals surface area contributed by atoms with E-state index in [1.54, 1.807) is 12.1 Å². The third-order valence-corrected chi connectivity index (χ3v) is 8.20. The lowest BCUT2D eigenvalue weighted by Gasteiger charge is -2.34. The second-order valence-corrected chi connectivity index (χ2v) is 11.5. The highest BCUT2D eigenvalue weighted by Crippen LogP contribution is 2.35. The molecule has 0 bridgehead atoms. The van der Waals surface area contributed by atoms with Crippen molar-refractivity contribution in [2.45, 2.75) is 25.9 Å². The Morgan fingerprint density at radius 2 is 1.78 bits per heavy atom. The van der Waals surface area contributed by atoms with Gasteiger partial charge >= 0.3 is 0 Å². The van der Waals surface area contributed by atoms with Gasteiger partial charge in [0, 0.05) is 62.2 Å². The SMILES string of the molecule is N#Cc1cnc2c(Cl)cc(NCc3cn(CCN4CCN(CC5CC5)CC4)nn3)cc2c1Nc1ccc(F)c(Cl)c1. The number of benzene rings is 2. The molecule has 2 aromatic heterocycles. The highest BCUT2D eigenvalue weighted by atomic mass is 35.5. The maximum absolute atomic E-state index is 13.7. The lowest BCUT2D eigenvalue weighted by atomic mass is 10.1. The van der Waals surface area contributed by atoms with Crippen molar-refractivity contribution >= 4 is 51.2 Å². The number of nitriles is 1. The van der Waals surface area contributed by atoms with Gasteiger partial charge in [0.1, 0.15) is 17.6 Å². The molecule has 0 radical (unpaired) electrons. The molecule has 4 aromatic rings. The van der Waals surface area contributed by atoms with Crippen LogP contribution in [-0.2, 0) is 13.1 Å². The van der Waals surface area contributed by atoms with Crippen LogP contribution in [-0.4, -0.2) is 69.0 Å². The van der Waals surface area contributed by atoms with E-state index in [-0.39, 0.29) is 5.02 Å². The molecule has 3 heterocycles. The van der Waals surface area contributed by atoms with Crippen LogP contribution in [0.5, 0.6) is 0 Å². The molecule has 1 saturated carbocycles. The summed E-state index contributed by atoms with van der Waals surface area (Å²) >= 11 is 12.6. The molecular weight excluding hydrogens is 564 g/mol. The molecule has 41 heavy (non-hydrogen) atoms. The van der Waals surface area contributed by atoms with E-state index in [0.717, 1.165) is 56.6 Å². The van der Waals surface area contributed by atoms with Crippen molar-refractivity contribution in [3.8, 4) is 6.07 Å². The van der Waals surface area contributed by atoms with Crippen molar-refractivity contribution in [1.29, 1.82) is 5.26 Å². The van der Waals surface area contributed by atoms with Crippen LogP contribution in [0.25, 0.3) is 10.9 Å². The van der Waals surface area contributed by atoms with Gasteiger partial charge in [-0.1, -0.05) is 28.4 Å². The van der Waals surface area contributed by atoms with E-state index < -0.39 is 5.82 Å². The number of hydrogen-bond donors (Lipinski definition) is 2. The van der Waals surface area contributed by atoms with Gasteiger partial charge in [-0.15, -0.1) is 5.10 Å². The maximum Gasteiger partial charge on any atom is 0.141 e. The minimum Gasteiger partial charge on any atom is -0.379 e. The Hall–Kier alpha value is -3.49. The molecule has 9 nitrogen and oxygen atoms in total. The molecule has 6 rings (SSSR count). The number of anilines is 3. The summed E-state index contributed by atoms with van der Waals surface area (Å²) in [6.07, 6.45) is 6.23. The van der Waals surface area contributed by atoms with E-state index in [1.165, 1.54) is 37.7 Å². The summed E-state index contributed by atoms with van der Waals surface area (Å²) in [5.41, 5.74) is 3.43. The number of rotatable bonds is 10. The quantitative estimate of drug-likeness (QED) is 0.248. The molecule has 2 aliphatic rings. The first-order valence-electron chi connectivity index (χ1n) is 13.8. The van der Waals surface area contributed by atoms with Gasteiger partial charge in [0.25, 0.3) is 0 Å². The predicted molar refractivity (Wildman–Crippen MR) is 159 cm³/mol. The van der Waals surface area contributed by atoms with Crippen molar-refractivity contribution in [1.82, 2.24) is 29.8 Å². The van der Waals surface area contributed by atoms with E-state index in [9.17, 15) is 9.65 Å². The first-order chi connectivity index (χ1) is 19.9. The summed E-state index contributed by atoms with van der Waals surface area (Å²) in [5, 5.41) is 26.0. The summed E-state index contributed by atoms with van der Waals surface area (Å²) in [5.74, 6) is 0.423. The molecule has 212 valence electrons. The largest absolute Gasteiger partial charge is 0.379 e. The normalized spacial score (nSPS) is 16.1. The summed E-state index contributed by atoms with van der Waals surface area (Å²) in [6, 6.07) is 10.1. The molecule has 0 amide bonds. The third kappa shape index (κ3) is 6.71. The van der Waals surface area contributed by atoms with E-state index in [0.29, 0.717) is 39.4 Å². The topological polar surface area (TPSA) is 97.9 Å². The lowest BCUT2D eigenvalue weighted by Crippen LogP contribution is -2.47. The van der Waals surface area contributed by atoms with Gasteiger partial charge in [0.2, 0.25) is 0 Å². The zero-order valence-electron chi connectivity index (χ0n) is 22.5. The van der Waals surface area contributed by atoms with Gasteiger partial charge in [-0.05, 0) is 49.1 Å². The number of pyridine rings is 1. The van der Waals surface area contributed by atoms with Gasteiger partial charge in [0.05, 0.1) is 46.1 Å². The minimum absolute atomic E-state index is 0.0215. The first-order valence-corrected chi connectivity index (χ1v) is 14.5. The second kappa shape index (κ2) is 12.2. The van der Waals surface area contributed by atoms with Crippen LogP contribution in [0.4, 0.5) is 21.5 Å². The summed E-state index contributed by atoms with van der Waals surface area (Å²) in [7, 11) is 0. The van der Waals surface area contributed by atoms with Crippen LogP contribution in [0.2, 0.25) is 10.0 Å². The van der Waals surface area contributed by atoms with Crippen molar-refractivity contribution in [2.75, 3.05) is 49.9 Å². The number of fused-ring (bicyclic) bond motifs is 1. The molecule has 1 aliphatic carbocycles. The van der Waals surface area contributed by atoms with Gasteiger partial charge in [-0.25, -0.2) is 4.39 Å². The number of hydrogen-bond acceptors (Lipinski definition) is 8. The van der Waals surface area contributed by atoms with Crippen LogP contribution < -0.4 is 10.6 Å². The molecular formula is C29H30Cl2FN9. The number of nitrogens with one attached hydrogen (secondary N) is 2. The second-order valence-electron chi connectivity index (χ2n) is 10.7. The Balaban J connectivity index is 1.10. The number of halogens is 3. The molecule has 2 N–H and O–H groups in total. The summed E-state index contributed by atoms with van der Waals surface area (Å²) in [4.78, 5) is 9.48. The first kappa shape index (κ1) is 27.7. The highest BCUT2D eigenvalue weighted by molar-refractivity contribution is 6.36. The van der Waals surface area contributed by atoms with Crippen molar-refractivity contribution < 1.29 is 4.39 Å².